The summed E-state index contributed by atoms with van der Waals surface area (Å²) >= 11 is 0. The summed E-state index contributed by atoms with van der Waals surface area (Å²) < 4.78 is 21.8. The number of aromatic amines is 1. The smallest absolute Gasteiger partial charge is 0.183 e. The van der Waals surface area contributed by atoms with Crippen molar-refractivity contribution >= 4 is 11.0 Å². The molecule has 0 bridgehead atoms. The maximum absolute atomic E-state index is 5.93. The van der Waals surface area contributed by atoms with Gasteiger partial charge in [-0.05, 0) is 30.3 Å². The summed E-state index contributed by atoms with van der Waals surface area (Å²) in [5.41, 5.74) is 2.66. The van der Waals surface area contributed by atoms with Gasteiger partial charge < -0.3 is 23.9 Å². The number of aromatic nitrogens is 2. The number of H-pyrrole nitrogens is 1. The fourth-order valence-corrected chi connectivity index (χ4v) is 2.39. The lowest BCUT2D eigenvalue weighted by atomic mass is 10.2. The molecule has 0 aliphatic carbocycles. The summed E-state index contributed by atoms with van der Waals surface area (Å²) in [7, 11) is 4.77. The number of methoxy groups -OCH3 is 3. The number of hydrogen-bond donors (Lipinski definition) is 1. The third-order valence-corrected chi connectivity index (χ3v) is 3.51. The van der Waals surface area contributed by atoms with E-state index in [1.165, 1.54) is 0 Å². The Hall–Kier alpha value is -2.57. The number of nitrogens with one attached hydrogen (secondary N) is 1. The van der Waals surface area contributed by atoms with Crippen LogP contribution in [-0.2, 0) is 9.47 Å². The topological polar surface area (TPSA) is 65.6 Å². The highest BCUT2D eigenvalue weighted by Crippen LogP contribution is 2.35. The molecule has 0 saturated carbocycles. The van der Waals surface area contributed by atoms with E-state index in [9.17, 15) is 0 Å². The van der Waals surface area contributed by atoms with Crippen LogP contribution in [0.25, 0.3) is 11.0 Å². The summed E-state index contributed by atoms with van der Waals surface area (Å²) in [5.74, 6) is 1.91. The molecule has 6 nitrogen and oxygen atoms in total. The molecule has 6 heteroatoms. The van der Waals surface area contributed by atoms with Crippen molar-refractivity contribution in [2.75, 3.05) is 21.3 Å². The molecule has 2 aromatic carbocycles. The summed E-state index contributed by atoms with van der Waals surface area (Å²) in [4.78, 5) is 7.24. The number of ether oxygens (including phenoxy) is 4. The zero-order valence-electron chi connectivity index (χ0n) is 13.2. The average Bonchev–Trinajstić information content (AvgIpc) is 3.04. The van der Waals surface area contributed by atoms with Gasteiger partial charge in [0.05, 0.1) is 24.5 Å². The van der Waals surface area contributed by atoms with E-state index in [2.05, 4.69) is 9.97 Å². The molecule has 1 N–H and O–H groups in total. The number of hydrogen-bond acceptors (Lipinski definition) is 5. The van der Waals surface area contributed by atoms with Crippen LogP contribution in [0.2, 0.25) is 0 Å². The molecule has 0 aliphatic heterocycles. The van der Waals surface area contributed by atoms with Crippen LogP contribution in [0, 0.1) is 0 Å². The minimum Gasteiger partial charge on any atom is -0.493 e. The van der Waals surface area contributed by atoms with Gasteiger partial charge in [-0.3, -0.25) is 0 Å². The first kappa shape index (κ1) is 15.3. The fourth-order valence-electron chi connectivity index (χ4n) is 2.39. The van der Waals surface area contributed by atoms with Crippen LogP contribution in [0.4, 0.5) is 0 Å². The van der Waals surface area contributed by atoms with Gasteiger partial charge in [-0.1, -0.05) is 0 Å². The van der Waals surface area contributed by atoms with Gasteiger partial charge in [-0.25, -0.2) is 4.98 Å². The minimum absolute atomic E-state index is 0.445. The van der Waals surface area contributed by atoms with Gasteiger partial charge >= 0.3 is 0 Å². The molecule has 0 atom stereocenters. The molecule has 0 spiro atoms. The van der Waals surface area contributed by atoms with Gasteiger partial charge in [0, 0.05) is 25.8 Å². The van der Waals surface area contributed by atoms with E-state index in [-0.39, 0.29) is 0 Å². The average molecular weight is 314 g/mol. The molecular formula is C17H18N2O4. The number of fused-ring (bicyclic) bond motifs is 1. The number of rotatable bonds is 6. The molecule has 3 aromatic rings. The van der Waals surface area contributed by atoms with Crippen molar-refractivity contribution in [3.05, 3.63) is 48.3 Å². The molecule has 0 radical (unpaired) electrons. The fraction of sp³-hybridized carbons (Fsp3) is 0.235. The third kappa shape index (κ3) is 3.13. The summed E-state index contributed by atoms with van der Waals surface area (Å²) in [6.45, 7) is 0. The minimum atomic E-state index is -0.445. The lowest BCUT2D eigenvalue weighted by Gasteiger charge is -2.16. The highest BCUT2D eigenvalue weighted by atomic mass is 16.7. The Morgan fingerprint density at radius 2 is 1.78 bits per heavy atom. The quantitative estimate of drug-likeness (QED) is 0.703. The van der Waals surface area contributed by atoms with Crippen molar-refractivity contribution in [2.24, 2.45) is 0 Å². The molecule has 1 aromatic heterocycles. The Kier molecular flexibility index (Phi) is 4.45. The van der Waals surface area contributed by atoms with Crippen LogP contribution in [0.5, 0.6) is 17.2 Å². The molecule has 3 rings (SSSR count). The van der Waals surface area contributed by atoms with E-state index in [0.717, 1.165) is 16.6 Å². The van der Waals surface area contributed by atoms with Crippen molar-refractivity contribution in [1.29, 1.82) is 0 Å². The summed E-state index contributed by atoms with van der Waals surface area (Å²) in [5, 5.41) is 0. The third-order valence-electron chi connectivity index (χ3n) is 3.51. The van der Waals surface area contributed by atoms with Crippen LogP contribution < -0.4 is 9.47 Å². The van der Waals surface area contributed by atoms with Gasteiger partial charge in [0.15, 0.2) is 17.8 Å². The number of nitrogens with zero attached hydrogens (tertiary/aromatic N) is 1. The van der Waals surface area contributed by atoms with Crippen LogP contribution in [0.3, 0.4) is 0 Å². The first-order valence-electron chi connectivity index (χ1n) is 7.09. The molecule has 23 heavy (non-hydrogen) atoms. The maximum atomic E-state index is 5.93. The SMILES string of the molecule is COc1cc(C(OC)OC)ccc1Oc1ccc2nc[nH]c2c1. The van der Waals surface area contributed by atoms with E-state index in [0.29, 0.717) is 17.2 Å². The molecule has 0 saturated heterocycles. The molecule has 120 valence electrons. The first-order chi connectivity index (χ1) is 11.2. The van der Waals surface area contributed by atoms with Crippen molar-refractivity contribution < 1.29 is 18.9 Å². The Bertz CT molecular complexity index is 796. The predicted molar refractivity (Wildman–Crippen MR) is 85.9 cm³/mol. The lowest BCUT2D eigenvalue weighted by molar-refractivity contribution is -0.106. The van der Waals surface area contributed by atoms with E-state index in [4.69, 9.17) is 18.9 Å². The molecule has 0 fully saturated rings. The van der Waals surface area contributed by atoms with Crippen LogP contribution in [-0.4, -0.2) is 31.3 Å². The molecule has 0 aliphatic rings. The van der Waals surface area contributed by atoms with Crippen molar-refractivity contribution in [1.82, 2.24) is 9.97 Å². The largest absolute Gasteiger partial charge is 0.493 e. The highest BCUT2D eigenvalue weighted by Gasteiger charge is 2.14. The Morgan fingerprint density at radius 1 is 0.957 bits per heavy atom. The second-order valence-electron chi connectivity index (χ2n) is 4.90. The zero-order valence-corrected chi connectivity index (χ0v) is 13.2. The van der Waals surface area contributed by atoms with Crippen LogP contribution in [0.1, 0.15) is 11.9 Å². The number of imidazole rings is 1. The second kappa shape index (κ2) is 6.68. The van der Waals surface area contributed by atoms with Crippen molar-refractivity contribution in [2.45, 2.75) is 6.29 Å². The van der Waals surface area contributed by atoms with E-state index in [1.807, 2.05) is 36.4 Å². The van der Waals surface area contributed by atoms with Gasteiger partial charge in [0.25, 0.3) is 0 Å². The molecule has 0 amide bonds. The van der Waals surface area contributed by atoms with E-state index < -0.39 is 6.29 Å². The monoisotopic (exact) mass is 314 g/mol. The lowest BCUT2D eigenvalue weighted by Crippen LogP contribution is -2.04. The highest BCUT2D eigenvalue weighted by molar-refractivity contribution is 5.76. The van der Waals surface area contributed by atoms with Crippen molar-refractivity contribution in [3.63, 3.8) is 0 Å². The molecule has 1 heterocycles. The van der Waals surface area contributed by atoms with Crippen molar-refractivity contribution in [3.8, 4) is 17.2 Å². The normalized spacial score (nSPS) is 11.1. The van der Waals surface area contributed by atoms with Gasteiger partial charge in [-0.2, -0.15) is 0 Å². The van der Waals surface area contributed by atoms with Crippen LogP contribution in [0.15, 0.2) is 42.7 Å². The van der Waals surface area contributed by atoms with E-state index >= 15 is 0 Å². The second-order valence-corrected chi connectivity index (χ2v) is 4.90. The molecular weight excluding hydrogens is 296 g/mol. The Morgan fingerprint density at radius 3 is 2.52 bits per heavy atom. The van der Waals surface area contributed by atoms with E-state index in [1.54, 1.807) is 27.7 Å². The maximum Gasteiger partial charge on any atom is 0.183 e. The Labute approximate surface area is 134 Å². The number of benzene rings is 2. The van der Waals surface area contributed by atoms with Gasteiger partial charge in [0.1, 0.15) is 5.75 Å². The van der Waals surface area contributed by atoms with Gasteiger partial charge in [0.2, 0.25) is 0 Å². The first-order valence-corrected chi connectivity index (χ1v) is 7.09. The van der Waals surface area contributed by atoms with Crippen LogP contribution >= 0.6 is 0 Å². The summed E-state index contributed by atoms with van der Waals surface area (Å²) in [6.07, 6.45) is 1.21. The van der Waals surface area contributed by atoms with Gasteiger partial charge in [-0.15, -0.1) is 0 Å². The standard InChI is InChI=1S/C17H18N2O4/c1-20-16-8-11(17(21-2)22-3)4-7-15(16)23-12-5-6-13-14(9-12)19-10-18-13/h4-10,17H,1-3H3,(H,18,19). The molecule has 0 unspecified atom stereocenters. The summed E-state index contributed by atoms with van der Waals surface area (Å²) in [6, 6.07) is 11.2. The Balaban J connectivity index is 1.89. The predicted octanol–water partition coefficient (Wildman–Crippen LogP) is 3.66. The zero-order chi connectivity index (χ0) is 16.2.